The molecular formula is C12H13N3O3S. The van der Waals surface area contributed by atoms with Crippen LogP contribution in [0.25, 0.3) is 0 Å². The molecule has 6 nitrogen and oxygen atoms in total. The van der Waals surface area contributed by atoms with Gasteiger partial charge < -0.3 is 5.32 Å². The molecule has 7 heteroatoms. The zero-order chi connectivity index (χ0) is 13.9. The fourth-order valence-electron chi connectivity index (χ4n) is 1.58. The van der Waals surface area contributed by atoms with Gasteiger partial charge in [-0.25, -0.2) is 8.42 Å². The molecular weight excluding hydrogens is 266 g/mol. The number of nitrogens with one attached hydrogen (secondary N) is 2. The topological polar surface area (TPSA) is 91.9 Å². The minimum atomic E-state index is -3.06. The van der Waals surface area contributed by atoms with Crippen molar-refractivity contribution in [3.8, 4) is 0 Å². The molecule has 0 bridgehead atoms. The minimum Gasteiger partial charge on any atom is -0.319 e. The molecule has 0 aliphatic heterocycles. The molecule has 2 aromatic rings. The Morgan fingerprint density at radius 2 is 2.00 bits per heavy atom. The number of H-pyrrole nitrogens is 1. The molecule has 0 aliphatic carbocycles. The molecule has 1 aromatic carbocycles. The Morgan fingerprint density at radius 3 is 2.53 bits per heavy atom. The number of hydrogen-bond donors (Lipinski definition) is 2. The number of carbonyl (C=O) groups excluding carboxylic acids is 1. The maximum absolute atomic E-state index is 11.8. The summed E-state index contributed by atoms with van der Waals surface area (Å²) in [5.41, 5.74) is 1.69. The van der Waals surface area contributed by atoms with Crippen LogP contribution in [0.2, 0.25) is 0 Å². The predicted molar refractivity (Wildman–Crippen MR) is 71.5 cm³/mol. The van der Waals surface area contributed by atoms with Crippen LogP contribution in [-0.2, 0) is 15.6 Å². The Bertz CT molecular complexity index is 661. The maximum Gasteiger partial charge on any atom is 0.255 e. The van der Waals surface area contributed by atoms with Gasteiger partial charge in [0.15, 0.2) is 9.84 Å². The summed E-state index contributed by atoms with van der Waals surface area (Å²) in [5, 5.41) is 8.96. The summed E-state index contributed by atoms with van der Waals surface area (Å²) >= 11 is 0. The normalized spacial score (nSPS) is 11.2. The van der Waals surface area contributed by atoms with E-state index in [1.807, 2.05) is 0 Å². The first-order valence-electron chi connectivity index (χ1n) is 5.51. The second-order valence-electron chi connectivity index (χ2n) is 4.21. The van der Waals surface area contributed by atoms with Gasteiger partial charge >= 0.3 is 0 Å². The van der Waals surface area contributed by atoms with Crippen LogP contribution in [0.15, 0.2) is 36.7 Å². The SMILES string of the molecule is CS(=O)(=O)Cc1ccc(C(=O)Nc2cn[nH]c2)cc1. The summed E-state index contributed by atoms with van der Waals surface area (Å²) in [6.45, 7) is 0. The molecule has 1 amide bonds. The first-order chi connectivity index (χ1) is 8.94. The van der Waals surface area contributed by atoms with E-state index < -0.39 is 9.84 Å². The van der Waals surface area contributed by atoms with E-state index >= 15 is 0 Å². The van der Waals surface area contributed by atoms with Crippen LogP contribution in [0.4, 0.5) is 5.69 Å². The lowest BCUT2D eigenvalue weighted by molar-refractivity contribution is 0.102. The molecule has 0 saturated carbocycles. The van der Waals surface area contributed by atoms with Gasteiger partial charge in [0.05, 0.1) is 17.6 Å². The summed E-state index contributed by atoms with van der Waals surface area (Å²) in [6, 6.07) is 6.45. The molecule has 2 rings (SSSR count). The molecule has 0 aliphatic rings. The van der Waals surface area contributed by atoms with Crippen molar-refractivity contribution < 1.29 is 13.2 Å². The Balaban J connectivity index is 2.08. The fourth-order valence-corrected chi connectivity index (χ4v) is 2.38. The van der Waals surface area contributed by atoms with Gasteiger partial charge in [-0.15, -0.1) is 0 Å². The number of aromatic amines is 1. The smallest absolute Gasteiger partial charge is 0.255 e. The Morgan fingerprint density at radius 1 is 1.32 bits per heavy atom. The number of aromatic nitrogens is 2. The van der Waals surface area contributed by atoms with Gasteiger partial charge in [-0.1, -0.05) is 12.1 Å². The zero-order valence-electron chi connectivity index (χ0n) is 10.3. The highest BCUT2D eigenvalue weighted by Crippen LogP contribution is 2.10. The summed E-state index contributed by atoms with van der Waals surface area (Å²) in [6.07, 6.45) is 4.23. The van der Waals surface area contributed by atoms with Gasteiger partial charge in [0.1, 0.15) is 0 Å². The lowest BCUT2D eigenvalue weighted by Gasteiger charge is -2.04. The highest BCUT2D eigenvalue weighted by Gasteiger charge is 2.08. The number of hydrogen-bond acceptors (Lipinski definition) is 4. The number of amides is 1. The van der Waals surface area contributed by atoms with Crippen LogP contribution >= 0.6 is 0 Å². The van der Waals surface area contributed by atoms with Gasteiger partial charge in [-0.05, 0) is 17.7 Å². The van der Waals surface area contributed by atoms with Gasteiger partial charge in [-0.2, -0.15) is 5.10 Å². The second kappa shape index (κ2) is 5.23. The van der Waals surface area contributed by atoms with Crippen LogP contribution in [0.5, 0.6) is 0 Å². The van der Waals surface area contributed by atoms with Gasteiger partial charge in [0, 0.05) is 18.0 Å². The van der Waals surface area contributed by atoms with E-state index in [0.717, 1.165) is 0 Å². The quantitative estimate of drug-likeness (QED) is 0.879. The lowest BCUT2D eigenvalue weighted by Crippen LogP contribution is -2.11. The third-order valence-electron chi connectivity index (χ3n) is 2.40. The average Bonchev–Trinajstić information content (AvgIpc) is 2.80. The molecule has 2 N–H and O–H groups in total. The molecule has 1 heterocycles. The van der Waals surface area contributed by atoms with Gasteiger partial charge in [0.2, 0.25) is 0 Å². The minimum absolute atomic E-state index is 0.0311. The third-order valence-corrected chi connectivity index (χ3v) is 3.26. The molecule has 100 valence electrons. The van der Waals surface area contributed by atoms with Crippen molar-refractivity contribution in [3.63, 3.8) is 0 Å². The van der Waals surface area contributed by atoms with Crippen LogP contribution in [-0.4, -0.2) is 30.8 Å². The Hall–Kier alpha value is -2.15. The highest BCUT2D eigenvalue weighted by atomic mass is 32.2. The average molecular weight is 279 g/mol. The summed E-state index contributed by atoms with van der Waals surface area (Å²) in [7, 11) is -3.06. The van der Waals surface area contributed by atoms with Crippen LogP contribution < -0.4 is 5.32 Å². The molecule has 0 radical (unpaired) electrons. The number of benzene rings is 1. The number of carbonyl (C=O) groups is 1. The molecule has 0 unspecified atom stereocenters. The van der Waals surface area contributed by atoms with Gasteiger partial charge in [0.25, 0.3) is 5.91 Å². The van der Waals surface area contributed by atoms with Crippen molar-refractivity contribution in [3.05, 3.63) is 47.8 Å². The summed E-state index contributed by atoms with van der Waals surface area (Å²) in [5.74, 6) is -0.302. The number of anilines is 1. The van der Waals surface area contributed by atoms with Crippen molar-refractivity contribution >= 4 is 21.4 Å². The van der Waals surface area contributed by atoms with Crippen molar-refractivity contribution in [2.24, 2.45) is 0 Å². The van der Waals surface area contributed by atoms with Crippen LogP contribution in [0.1, 0.15) is 15.9 Å². The van der Waals surface area contributed by atoms with E-state index in [2.05, 4.69) is 15.5 Å². The van der Waals surface area contributed by atoms with E-state index in [-0.39, 0.29) is 11.7 Å². The number of sulfone groups is 1. The lowest BCUT2D eigenvalue weighted by atomic mass is 10.1. The third kappa shape index (κ3) is 3.92. The summed E-state index contributed by atoms with van der Waals surface area (Å²) < 4.78 is 22.3. The highest BCUT2D eigenvalue weighted by molar-refractivity contribution is 7.89. The zero-order valence-corrected chi connectivity index (χ0v) is 11.1. The van der Waals surface area contributed by atoms with Crippen molar-refractivity contribution in [2.75, 3.05) is 11.6 Å². The molecule has 19 heavy (non-hydrogen) atoms. The van der Waals surface area contributed by atoms with E-state index in [0.29, 0.717) is 16.8 Å². The fraction of sp³-hybridized carbons (Fsp3) is 0.167. The summed E-state index contributed by atoms with van der Waals surface area (Å²) in [4.78, 5) is 11.8. The molecule has 0 spiro atoms. The number of nitrogens with zero attached hydrogens (tertiary/aromatic N) is 1. The van der Waals surface area contributed by atoms with E-state index in [9.17, 15) is 13.2 Å². The number of rotatable bonds is 4. The molecule has 0 fully saturated rings. The van der Waals surface area contributed by atoms with Crippen LogP contribution in [0.3, 0.4) is 0 Å². The molecule has 0 atom stereocenters. The van der Waals surface area contributed by atoms with E-state index in [1.54, 1.807) is 30.5 Å². The first kappa shape index (κ1) is 13.3. The first-order valence-corrected chi connectivity index (χ1v) is 7.57. The largest absolute Gasteiger partial charge is 0.319 e. The van der Waals surface area contributed by atoms with Crippen molar-refractivity contribution in [1.82, 2.24) is 10.2 Å². The second-order valence-corrected chi connectivity index (χ2v) is 6.35. The standard InChI is InChI=1S/C12H13N3O3S/c1-19(17,18)8-9-2-4-10(5-3-9)12(16)15-11-6-13-14-7-11/h2-7H,8H2,1H3,(H,13,14)(H,15,16). The van der Waals surface area contributed by atoms with Crippen molar-refractivity contribution in [2.45, 2.75) is 5.75 Å². The Kier molecular flexibility index (Phi) is 3.66. The molecule has 0 saturated heterocycles. The monoisotopic (exact) mass is 279 g/mol. The van der Waals surface area contributed by atoms with E-state index in [4.69, 9.17) is 0 Å². The predicted octanol–water partition coefficient (Wildman–Crippen LogP) is 1.21. The van der Waals surface area contributed by atoms with Crippen LogP contribution in [0, 0.1) is 0 Å². The van der Waals surface area contributed by atoms with Crippen molar-refractivity contribution in [1.29, 1.82) is 0 Å². The Labute approximate surface area is 110 Å². The van der Waals surface area contributed by atoms with E-state index in [1.165, 1.54) is 12.5 Å². The van der Waals surface area contributed by atoms with Gasteiger partial charge in [-0.3, -0.25) is 9.89 Å². The maximum atomic E-state index is 11.8. The molecule has 1 aromatic heterocycles.